The first-order valence-corrected chi connectivity index (χ1v) is 9.25. The fourth-order valence-corrected chi connectivity index (χ4v) is 3.64. The van der Waals surface area contributed by atoms with E-state index in [1.54, 1.807) is 0 Å². The number of nitrogens with zero attached hydrogens (tertiary/aromatic N) is 3. The van der Waals surface area contributed by atoms with Gasteiger partial charge in [-0.25, -0.2) is 0 Å². The number of likely N-dealkylation sites (tertiary alicyclic amines) is 1. The van der Waals surface area contributed by atoms with E-state index in [-0.39, 0.29) is 11.9 Å². The van der Waals surface area contributed by atoms with Crippen molar-refractivity contribution in [2.45, 2.75) is 31.7 Å². The maximum atomic E-state index is 12.6. The average Bonchev–Trinajstić information content (AvgIpc) is 3.07. The van der Waals surface area contributed by atoms with Crippen LogP contribution in [0.5, 0.6) is 0 Å². The Morgan fingerprint density at radius 1 is 1.40 bits per heavy atom. The van der Waals surface area contributed by atoms with E-state index in [1.807, 2.05) is 11.9 Å². The lowest BCUT2D eigenvalue weighted by Gasteiger charge is -2.37. The zero-order valence-electron chi connectivity index (χ0n) is 14.6. The van der Waals surface area contributed by atoms with Crippen LogP contribution in [-0.2, 0) is 6.42 Å². The van der Waals surface area contributed by atoms with Crippen LogP contribution >= 0.6 is 11.6 Å². The van der Waals surface area contributed by atoms with Gasteiger partial charge in [-0.1, -0.05) is 41.9 Å². The number of rotatable bonds is 6. The first kappa shape index (κ1) is 18.0. The quantitative estimate of drug-likeness (QED) is 0.860. The van der Waals surface area contributed by atoms with E-state index < -0.39 is 0 Å². The number of hydrogen-bond acceptors (Lipinski definition) is 3. The number of aromatic amines is 1. The minimum Gasteiger partial charge on any atom is -0.336 e. The SMILES string of the molecule is CN(C(=O)c1[nH]ncc1Cl)C1CCCN(CCCc2ccccc2)C1. The Morgan fingerprint density at radius 2 is 2.20 bits per heavy atom. The molecule has 3 rings (SSSR count). The van der Waals surface area contributed by atoms with Gasteiger partial charge in [0.15, 0.2) is 0 Å². The fourth-order valence-electron chi connectivity index (χ4n) is 3.47. The second-order valence-electron chi connectivity index (χ2n) is 6.69. The molecule has 0 saturated carbocycles. The molecule has 25 heavy (non-hydrogen) atoms. The van der Waals surface area contributed by atoms with Crippen LogP contribution in [0.25, 0.3) is 0 Å². The van der Waals surface area contributed by atoms with Crippen molar-refractivity contribution in [3.63, 3.8) is 0 Å². The van der Waals surface area contributed by atoms with Crippen molar-refractivity contribution in [3.05, 3.63) is 52.8 Å². The number of likely N-dealkylation sites (N-methyl/N-ethyl adjacent to an activating group) is 1. The average molecular weight is 361 g/mol. The van der Waals surface area contributed by atoms with Crippen LogP contribution in [0.1, 0.15) is 35.3 Å². The molecule has 2 aromatic rings. The van der Waals surface area contributed by atoms with Gasteiger partial charge in [-0.3, -0.25) is 9.89 Å². The number of amides is 1. The van der Waals surface area contributed by atoms with Crippen molar-refractivity contribution in [1.29, 1.82) is 0 Å². The Labute approximate surface area is 154 Å². The number of halogens is 1. The minimum absolute atomic E-state index is 0.0846. The van der Waals surface area contributed by atoms with Crippen LogP contribution in [0.4, 0.5) is 0 Å². The van der Waals surface area contributed by atoms with Crippen LogP contribution in [-0.4, -0.2) is 58.6 Å². The van der Waals surface area contributed by atoms with E-state index in [4.69, 9.17) is 11.6 Å². The molecule has 1 aliphatic heterocycles. The van der Waals surface area contributed by atoms with E-state index >= 15 is 0 Å². The van der Waals surface area contributed by atoms with Crippen LogP contribution < -0.4 is 0 Å². The first-order chi connectivity index (χ1) is 12.1. The molecule has 1 unspecified atom stereocenters. The molecule has 1 fully saturated rings. The second-order valence-corrected chi connectivity index (χ2v) is 7.10. The lowest BCUT2D eigenvalue weighted by molar-refractivity contribution is 0.0611. The van der Waals surface area contributed by atoms with Gasteiger partial charge in [0.25, 0.3) is 5.91 Å². The van der Waals surface area contributed by atoms with Crippen LogP contribution in [0, 0.1) is 0 Å². The van der Waals surface area contributed by atoms with Crippen LogP contribution in [0.2, 0.25) is 5.02 Å². The predicted molar refractivity (Wildman–Crippen MR) is 99.9 cm³/mol. The summed E-state index contributed by atoms with van der Waals surface area (Å²) in [5.74, 6) is -0.0846. The molecule has 5 nitrogen and oxygen atoms in total. The summed E-state index contributed by atoms with van der Waals surface area (Å²) in [5.41, 5.74) is 1.77. The lowest BCUT2D eigenvalue weighted by Crippen LogP contribution is -2.48. The van der Waals surface area contributed by atoms with Gasteiger partial charge in [0, 0.05) is 19.6 Å². The van der Waals surface area contributed by atoms with Gasteiger partial charge in [-0.2, -0.15) is 5.10 Å². The third-order valence-electron chi connectivity index (χ3n) is 4.94. The van der Waals surface area contributed by atoms with Gasteiger partial charge in [0.1, 0.15) is 5.69 Å². The van der Waals surface area contributed by atoms with Crippen LogP contribution in [0.3, 0.4) is 0 Å². The third-order valence-corrected chi connectivity index (χ3v) is 5.22. The molecule has 0 radical (unpaired) electrons. The summed E-state index contributed by atoms with van der Waals surface area (Å²) in [4.78, 5) is 16.9. The molecular formula is C19H25ClN4O. The molecule has 1 aromatic heterocycles. The number of nitrogens with one attached hydrogen (secondary N) is 1. The van der Waals surface area contributed by atoms with Gasteiger partial charge < -0.3 is 9.80 Å². The van der Waals surface area contributed by atoms with Gasteiger partial charge >= 0.3 is 0 Å². The van der Waals surface area contributed by atoms with Crippen molar-refractivity contribution in [1.82, 2.24) is 20.0 Å². The zero-order valence-corrected chi connectivity index (χ0v) is 15.4. The Hall–Kier alpha value is -1.85. The monoisotopic (exact) mass is 360 g/mol. The topological polar surface area (TPSA) is 52.2 Å². The molecule has 2 heterocycles. The van der Waals surface area contributed by atoms with Gasteiger partial charge in [0.05, 0.1) is 11.2 Å². The molecule has 0 bridgehead atoms. The molecule has 1 N–H and O–H groups in total. The normalized spacial score (nSPS) is 18.2. The maximum Gasteiger partial charge on any atom is 0.273 e. The van der Waals surface area contributed by atoms with Crippen molar-refractivity contribution in [2.75, 3.05) is 26.7 Å². The summed E-state index contributed by atoms with van der Waals surface area (Å²) in [5, 5.41) is 6.92. The number of carbonyl (C=O) groups is 1. The highest BCUT2D eigenvalue weighted by Crippen LogP contribution is 2.20. The number of H-pyrrole nitrogens is 1. The smallest absolute Gasteiger partial charge is 0.273 e. The minimum atomic E-state index is -0.0846. The second kappa shape index (κ2) is 8.50. The van der Waals surface area contributed by atoms with E-state index in [9.17, 15) is 4.79 Å². The molecule has 0 spiro atoms. The summed E-state index contributed by atoms with van der Waals surface area (Å²) < 4.78 is 0. The van der Waals surface area contributed by atoms with E-state index in [2.05, 4.69) is 45.4 Å². The summed E-state index contributed by atoms with van der Waals surface area (Å²) in [7, 11) is 1.86. The molecule has 134 valence electrons. The summed E-state index contributed by atoms with van der Waals surface area (Å²) in [6, 6.07) is 10.8. The number of aryl methyl sites for hydroxylation is 1. The van der Waals surface area contributed by atoms with E-state index in [0.29, 0.717) is 10.7 Å². The predicted octanol–water partition coefficient (Wildman–Crippen LogP) is 3.23. The molecule has 1 amide bonds. The Kier molecular flexibility index (Phi) is 6.10. The molecular weight excluding hydrogens is 336 g/mol. The number of hydrogen-bond donors (Lipinski definition) is 1. The van der Waals surface area contributed by atoms with E-state index in [0.717, 1.165) is 45.3 Å². The molecule has 1 saturated heterocycles. The summed E-state index contributed by atoms with van der Waals surface area (Å²) in [6.07, 6.45) is 5.86. The number of aromatic nitrogens is 2. The highest BCUT2D eigenvalue weighted by molar-refractivity contribution is 6.33. The third kappa shape index (κ3) is 4.61. The van der Waals surface area contributed by atoms with Crippen molar-refractivity contribution < 1.29 is 4.79 Å². The Morgan fingerprint density at radius 3 is 2.92 bits per heavy atom. The largest absolute Gasteiger partial charge is 0.336 e. The zero-order chi connectivity index (χ0) is 17.6. The molecule has 0 aliphatic carbocycles. The summed E-state index contributed by atoms with van der Waals surface area (Å²) >= 11 is 6.02. The lowest BCUT2D eigenvalue weighted by atomic mass is 10.0. The van der Waals surface area contributed by atoms with E-state index in [1.165, 1.54) is 11.8 Å². The maximum absolute atomic E-state index is 12.6. The molecule has 1 aliphatic rings. The highest BCUT2D eigenvalue weighted by Gasteiger charge is 2.28. The fraction of sp³-hybridized carbons (Fsp3) is 0.474. The molecule has 6 heteroatoms. The molecule has 1 aromatic carbocycles. The number of carbonyl (C=O) groups excluding carboxylic acids is 1. The standard InChI is InChI=1S/C19H25ClN4O/c1-23(19(25)18-17(20)13-21-22-18)16-10-6-12-24(14-16)11-5-9-15-7-3-2-4-8-15/h2-4,7-8,13,16H,5-6,9-12,14H2,1H3,(H,21,22). The van der Waals surface area contributed by atoms with Crippen LogP contribution in [0.15, 0.2) is 36.5 Å². The van der Waals surface area contributed by atoms with Gasteiger partial charge in [0.2, 0.25) is 0 Å². The van der Waals surface area contributed by atoms with Crippen molar-refractivity contribution in [2.24, 2.45) is 0 Å². The molecule has 1 atom stereocenters. The van der Waals surface area contributed by atoms with Gasteiger partial charge in [-0.15, -0.1) is 0 Å². The number of piperidine rings is 1. The highest BCUT2D eigenvalue weighted by atomic mass is 35.5. The number of benzene rings is 1. The first-order valence-electron chi connectivity index (χ1n) is 8.87. The van der Waals surface area contributed by atoms with Crippen molar-refractivity contribution in [3.8, 4) is 0 Å². The summed E-state index contributed by atoms with van der Waals surface area (Å²) in [6.45, 7) is 3.10. The van der Waals surface area contributed by atoms with Gasteiger partial charge in [-0.05, 0) is 44.3 Å². The van der Waals surface area contributed by atoms with Crippen molar-refractivity contribution >= 4 is 17.5 Å². The Bertz CT molecular complexity index is 688. The Balaban J connectivity index is 1.50.